The standard InChI is InChI=1S/C21H28FNO3/c1-14-11-16(5-6-18(14)22)20(24)23-10-9-21(25-2)8-7-17(12-19(21)23)26-13-15-3-4-15/h5-6,11,15,17,19H,3-4,7-10,12-13H2,1-2H3/t17-,19+,21-/m1/s1. The molecular formula is C21H28FNO3. The highest BCUT2D eigenvalue weighted by atomic mass is 19.1. The predicted molar refractivity (Wildman–Crippen MR) is 96.6 cm³/mol. The van der Waals surface area contributed by atoms with Gasteiger partial charge in [0.2, 0.25) is 0 Å². The van der Waals surface area contributed by atoms with E-state index in [0.717, 1.165) is 38.2 Å². The second-order valence-electron chi connectivity index (χ2n) is 8.17. The molecule has 26 heavy (non-hydrogen) atoms. The largest absolute Gasteiger partial charge is 0.378 e. The minimum absolute atomic E-state index is 0.0279. The van der Waals surface area contributed by atoms with Crippen molar-refractivity contribution in [2.24, 2.45) is 5.92 Å². The van der Waals surface area contributed by atoms with E-state index in [4.69, 9.17) is 9.47 Å². The van der Waals surface area contributed by atoms with Crippen molar-refractivity contribution in [3.8, 4) is 0 Å². The molecule has 5 heteroatoms. The molecule has 1 aromatic carbocycles. The molecule has 3 aliphatic rings. The summed E-state index contributed by atoms with van der Waals surface area (Å²) in [7, 11) is 1.76. The molecule has 2 saturated carbocycles. The summed E-state index contributed by atoms with van der Waals surface area (Å²) in [6.07, 6.45) is 6.37. The third kappa shape index (κ3) is 3.27. The summed E-state index contributed by atoms with van der Waals surface area (Å²) in [5, 5.41) is 0. The minimum Gasteiger partial charge on any atom is -0.378 e. The van der Waals surface area contributed by atoms with Crippen molar-refractivity contribution in [2.45, 2.75) is 63.2 Å². The van der Waals surface area contributed by atoms with Crippen molar-refractivity contribution in [3.63, 3.8) is 0 Å². The first kappa shape index (κ1) is 17.9. The first-order valence-electron chi connectivity index (χ1n) is 9.76. The first-order chi connectivity index (χ1) is 12.5. The van der Waals surface area contributed by atoms with E-state index in [0.29, 0.717) is 17.7 Å². The lowest BCUT2D eigenvalue weighted by molar-refractivity contribution is -0.0977. The Labute approximate surface area is 154 Å². The van der Waals surface area contributed by atoms with Crippen LogP contribution < -0.4 is 0 Å². The van der Waals surface area contributed by atoms with Crippen molar-refractivity contribution >= 4 is 5.91 Å². The van der Waals surface area contributed by atoms with Gasteiger partial charge in [0.15, 0.2) is 0 Å². The Kier molecular flexibility index (Phi) is 4.78. The van der Waals surface area contributed by atoms with Gasteiger partial charge in [-0.15, -0.1) is 0 Å². The van der Waals surface area contributed by atoms with Gasteiger partial charge in [0, 0.05) is 25.8 Å². The molecule has 3 fully saturated rings. The lowest BCUT2D eigenvalue weighted by atomic mass is 9.79. The Balaban J connectivity index is 1.51. The fraction of sp³-hybridized carbons (Fsp3) is 0.667. The second kappa shape index (κ2) is 6.93. The molecule has 1 aromatic rings. The normalized spacial score (nSPS) is 31.1. The number of likely N-dealkylation sites (tertiary alicyclic amines) is 1. The fourth-order valence-electron chi connectivity index (χ4n) is 4.56. The van der Waals surface area contributed by atoms with Crippen LogP contribution in [0.3, 0.4) is 0 Å². The van der Waals surface area contributed by atoms with Gasteiger partial charge in [0.25, 0.3) is 5.91 Å². The quantitative estimate of drug-likeness (QED) is 0.802. The Morgan fingerprint density at radius 2 is 2.12 bits per heavy atom. The molecule has 142 valence electrons. The highest BCUT2D eigenvalue weighted by Gasteiger charge is 2.52. The minimum atomic E-state index is -0.277. The smallest absolute Gasteiger partial charge is 0.254 e. The van der Waals surface area contributed by atoms with E-state index in [9.17, 15) is 9.18 Å². The van der Waals surface area contributed by atoms with Crippen LogP contribution in [0.25, 0.3) is 0 Å². The van der Waals surface area contributed by atoms with Crippen molar-refractivity contribution in [3.05, 3.63) is 35.1 Å². The Hall–Kier alpha value is -1.46. The number of halogens is 1. The van der Waals surface area contributed by atoms with Gasteiger partial charge < -0.3 is 14.4 Å². The maximum Gasteiger partial charge on any atom is 0.254 e. The van der Waals surface area contributed by atoms with Crippen molar-refractivity contribution in [1.82, 2.24) is 4.90 Å². The molecule has 0 N–H and O–H groups in total. The SMILES string of the molecule is CO[C@@]12CC[C@@H](OCC3CC3)C[C@@H]1N(C(=O)c1ccc(F)c(C)c1)CC2. The zero-order valence-electron chi connectivity index (χ0n) is 15.7. The Morgan fingerprint density at radius 3 is 2.81 bits per heavy atom. The van der Waals surface area contributed by atoms with Crippen LogP contribution in [-0.2, 0) is 9.47 Å². The van der Waals surface area contributed by atoms with Crippen LogP contribution >= 0.6 is 0 Å². The molecule has 2 aliphatic carbocycles. The first-order valence-corrected chi connectivity index (χ1v) is 9.76. The van der Waals surface area contributed by atoms with E-state index in [1.807, 2.05) is 4.90 Å². The maximum absolute atomic E-state index is 13.6. The van der Waals surface area contributed by atoms with E-state index in [1.54, 1.807) is 26.2 Å². The number of carbonyl (C=O) groups is 1. The maximum atomic E-state index is 13.6. The average molecular weight is 361 g/mol. The molecule has 1 aliphatic heterocycles. The number of fused-ring (bicyclic) bond motifs is 1. The van der Waals surface area contributed by atoms with Crippen LogP contribution in [0.5, 0.6) is 0 Å². The van der Waals surface area contributed by atoms with Gasteiger partial charge in [-0.2, -0.15) is 0 Å². The summed E-state index contributed by atoms with van der Waals surface area (Å²) in [5.74, 6) is 0.438. The number of hydrogen-bond donors (Lipinski definition) is 0. The zero-order valence-corrected chi connectivity index (χ0v) is 15.7. The summed E-state index contributed by atoms with van der Waals surface area (Å²) < 4.78 is 25.6. The summed E-state index contributed by atoms with van der Waals surface area (Å²) in [6, 6.07) is 4.64. The van der Waals surface area contributed by atoms with Gasteiger partial charge in [-0.3, -0.25) is 4.79 Å². The third-order valence-electron chi connectivity index (χ3n) is 6.47. The van der Waals surface area contributed by atoms with Crippen LogP contribution in [0, 0.1) is 18.7 Å². The van der Waals surface area contributed by atoms with E-state index in [1.165, 1.54) is 18.9 Å². The highest BCUT2D eigenvalue weighted by molar-refractivity contribution is 5.95. The number of benzene rings is 1. The average Bonchev–Trinajstić information content (AvgIpc) is 3.41. The molecule has 4 nitrogen and oxygen atoms in total. The Morgan fingerprint density at radius 1 is 1.31 bits per heavy atom. The van der Waals surface area contributed by atoms with E-state index in [2.05, 4.69) is 0 Å². The number of aryl methyl sites for hydroxylation is 1. The monoisotopic (exact) mass is 361 g/mol. The van der Waals surface area contributed by atoms with Gasteiger partial charge in [-0.05, 0) is 75.1 Å². The molecule has 0 bridgehead atoms. The van der Waals surface area contributed by atoms with Gasteiger partial charge in [0.1, 0.15) is 5.82 Å². The van der Waals surface area contributed by atoms with Gasteiger partial charge in [0.05, 0.1) is 17.7 Å². The van der Waals surface area contributed by atoms with Gasteiger partial charge in [-0.25, -0.2) is 4.39 Å². The third-order valence-corrected chi connectivity index (χ3v) is 6.47. The van der Waals surface area contributed by atoms with E-state index in [-0.39, 0.29) is 29.5 Å². The van der Waals surface area contributed by atoms with Crippen molar-refractivity contribution in [1.29, 1.82) is 0 Å². The molecule has 0 aromatic heterocycles. The van der Waals surface area contributed by atoms with Crippen LogP contribution in [0.15, 0.2) is 18.2 Å². The van der Waals surface area contributed by atoms with Crippen molar-refractivity contribution < 1.29 is 18.7 Å². The van der Waals surface area contributed by atoms with Gasteiger partial charge >= 0.3 is 0 Å². The van der Waals surface area contributed by atoms with Crippen molar-refractivity contribution in [2.75, 3.05) is 20.3 Å². The molecule has 0 spiro atoms. The number of rotatable bonds is 5. The van der Waals surface area contributed by atoms with Crippen LogP contribution in [0.4, 0.5) is 4.39 Å². The summed E-state index contributed by atoms with van der Waals surface area (Å²) in [4.78, 5) is 15.0. The molecule has 1 heterocycles. The second-order valence-corrected chi connectivity index (χ2v) is 8.17. The topological polar surface area (TPSA) is 38.8 Å². The fourth-order valence-corrected chi connectivity index (χ4v) is 4.56. The molecule has 3 atom stereocenters. The summed E-state index contributed by atoms with van der Waals surface area (Å²) in [5.41, 5.74) is 0.795. The molecule has 0 radical (unpaired) electrons. The lowest BCUT2D eigenvalue weighted by Gasteiger charge is -2.43. The molecule has 1 amide bonds. The summed E-state index contributed by atoms with van der Waals surface area (Å²) in [6.45, 7) is 3.23. The molecule has 0 unspecified atom stereocenters. The number of carbonyl (C=O) groups excluding carboxylic acids is 1. The van der Waals surface area contributed by atoms with Crippen LogP contribution in [0.2, 0.25) is 0 Å². The molecular weight excluding hydrogens is 333 g/mol. The number of hydrogen-bond acceptors (Lipinski definition) is 3. The molecule has 4 rings (SSSR count). The van der Waals surface area contributed by atoms with Crippen LogP contribution in [0.1, 0.15) is 54.4 Å². The summed E-state index contributed by atoms with van der Waals surface area (Å²) >= 11 is 0. The number of amides is 1. The van der Waals surface area contributed by atoms with E-state index >= 15 is 0 Å². The Bertz CT molecular complexity index is 690. The number of ether oxygens (including phenoxy) is 2. The predicted octanol–water partition coefficient (Wildman–Crippen LogP) is 3.71. The lowest BCUT2D eigenvalue weighted by Crippen LogP contribution is -2.53. The highest BCUT2D eigenvalue weighted by Crippen LogP contribution is 2.44. The van der Waals surface area contributed by atoms with Gasteiger partial charge in [-0.1, -0.05) is 0 Å². The van der Waals surface area contributed by atoms with Crippen LogP contribution in [-0.4, -0.2) is 48.8 Å². The number of nitrogens with zero attached hydrogens (tertiary/aromatic N) is 1. The zero-order chi connectivity index (χ0) is 18.3. The van der Waals surface area contributed by atoms with E-state index < -0.39 is 0 Å². The number of methoxy groups -OCH3 is 1. The molecule has 1 saturated heterocycles.